The highest BCUT2D eigenvalue weighted by molar-refractivity contribution is 6.30. The van der Waals surface area contributed by atoms with Crippen molar-refractivity contribution in [3.05, 3.63) is 17.0 Å². The Morgan fingerprint density at radius 2 is 2.38 bits per heavy atom. The van der Waals surface area contributed by atoms with E-state index >= 15 is 0 Å². The van der Waals surface area contributed by atoms with E-state index in [0.717, 1.165) is 11.4 Å². The Kier molecular flexibility index (Phi) is 3.53. The number of aromatic nitrogens is 2. The molecular formula is C9H10ClN3. The van der Waals surface area contributed by atoms with Gasteiger partial charge in [-0.05, 0) is 6.92 Å². The van der Waals surface area contributed by atoms with Gasteiger partial charge in [-0.15, -0.1) is 12.3 Å². The molecule has 1 N–H and O–H groups in total. The van der Waals surface area contributed by atoms with E-state index in [9.17, 15) is 0 Å². The number of hydrogen-bond acceptors (Lipinski definition) is 3. The van der Waals surface area contributed by atoms with Crippen LogP contribution in [0.5, 0.6) is 0 Å². The molecule has 0 saturated heterocycles. The van der Waals surface area contributed by atoms with E-state index in [1.807, 2.05) is 6.92 Å². The number of anilines is 1. The minimum atomic E-state index is 0.471. The molecule has 0 saturated carbocycles. The van der Waals surface area contributed by atoms with Crippen LogP contribution < -0.4 is 5.32 Å². The molecule has 0 fully saturated rings. The summed E-state index contributed by atoms with van der Waals surface area (Å²) in [6.07, 6.45) is 7.20. The Balaban J connectivity index is 2.67. The van der Waals surface area contributed by atoms with Crippen LogP contribution in [0.2, 0.25) is 5.15 Å². The third kappa shape index (κ3) is 2.60. The largest absolute Gasteiger partial charge is 0.369 e. The SMILES string of the molecule is C#CCCNc1ncnc(Cl)c1C. The maximum atomic E-state index is 5.80. The highest BCUT2D eigenvalue weighted by Crippen LogP contribution is 2.17. The molecule has 1 aromatic rings. The second-order valence-corrected chi connectivity index (χ2v) is 2.88. The van der Waals surface area contributed by atoms with Crippen LogP contribution in [0.15, 0.2) is 6.33 Å². The Morgan fingerprint density at radius 3 is 3.08 bits per heavy atom. The molecule has 0 aliphatic rings. The summed E-state index contributed by atoms with van der Waals surface area (Å²) in [5, 5.41) is 3.55. The molecule has 0 aromatic carbocycles. The van der Waals surface area contributed by atoms with E-state index in [1.165, 1.54) is 6.33 Å². The first-order valence-electron chi connectivity index (χ1n) is 3.90. The molecule has 1 aromatic heterocycles. The number of halogens is 1. The maximum Gasteiger partial charge on any atom is 0.137 e. The lowest BCUT2D eigenvalue weighted by atomic mass is 10.3. The molecule has 1 heterocycles. The predicted molar refractivity (Wildman–Crippen MR) is 53.7 cm³/mol. The summed E-state index contributed by atoms with van der Waals surface area (Å²) in [6.45, 7) is 2.56. The highest BCUT2D eigenvalue weighted by atomic mass is 35.5. The van der Waals surface area contributed by atoms with Crippen LogP contribution in [0.4, 0.5) is 5.82 Å². The Hall–Kier alpha value is -1.27. The second kappa shape index (κ2) is 4.68. The van der Waals surface area contributed by atoms with Crippen molar-refractivity contribution in [2.24, 2.45) is 0 Å². The first-order chi connectivity index (χ1) is 6.25. The number of nitrogens with one attached hydrogen (secondary N) is 1. The van der Waals surface area contributed by atoms with Gasteiger partial charge in [-0.2, -0.15) is 0 Å². The Labute approximate surface area is 82.5 Å². The van der Waals surface area contributed by atoms with Crippen LogP contribution in [0.1, 0.15) is 12.0 Å². The molecule has 0 amide bonds. The zero-order valence-corrected chi connectivity index (χ0v) is 8.10. The topological polar surface area (TPSA) is 37.8 Å². The van der Waals surface area contributed by atoms with Crippen molar-refractivity contribution < 1.29 is 0 Å². The molecule has 1 rings (SSSR count). The first kappa shape index (κ1) is 9.82. The minimum absolute atomic E-state index is 0.471. The molecule has 0 aliphatic heterocycles. The number of nitrogens with zero attached hydrogens (tertiary/aromatic N) is 2. The number of rotatable bonds is 3. The van der Waals surface area contributed by atoms with Crippen LogP contribution >= 0.6 is 11.6 Å². The number of hydrogen-bond donors (Lipinski definition) is 1. The molecule has 13 heavy (non-hydrogen) atoms. The molecule has 0 radical (unpaired) electrons. The predicted octanol–water partition coefficient (Wildman–Crippen LogP) is 1.87. The van der Waals surface area contributed by atoms with Gasteiger partial charge < -0.3 is 5.32 Å². The van der Waals surface area contributed by atoms with Gasteiger partial charge in [0.1, 0.15) is 17.3 Å². The fourth-order valence-electron chi connectivity index (χ4n) is 0.860. The van der Waals surface area contributed by atoms with E-state index in [1.54, 1.807) is 0 Å². The van der Waals surface area contributed by atoms with Gasteiger partial charge in [-0.3, -0.25) is 0 Å². The van der Waals surface area contributed by atoms with Crippen molar-refractivity contribution in [1.82, 2.24) is 9.97 Å². The lowest BCUT2D eigenvalue weighted by molar-refractivity contribution is 1.04. The van der Waals surface area contributed by atoms with Gasteiger partial charge in [0, 0.05) is 18.5 Å². The lowest BCUT2D eigenvalue weighted by Crippen LogP contribution is -2.04. The average molecular weight is 196 g/mol. The van der Waals surface area contributed by atoms with Crippen LogP contribution in [-0.4, -0.2) is 16.5 Å². The summed E-state index contributed by atoms with van der Waals surface area (Å²) in [4.78, 5) is 7.88. The van der Waals surface area contributed by atoms with Crippen molar-refractivity contribution >= 4 is 17.4 Å². The fraction of sp³-hybridized carbons (Fsp3) is 0.333. The highest BCUT2D eigenvalue weighted by Gasteiger charge is 2.02. The third-order valence-electron chi connectivity index (χ3n) is 1.58. The van der Waals surface area contributed by atoms with Gasteiger partial charge in [0.15, 0.2) is 0 Å². The monoisotopic (exact) mass is 195 g/mol. The summed E-state index contributed by atoms with van der Waals surface area (Å²) < 4.78 is 0. The van der Waals surface area contributed by atoms with Crippen LogP contribution in [-0.2, 0) is 0 Å². The summed E-state index contributed by atoms with van der Waals surface area (Å²) in [6, 6.07) is 0. The van der Waals surface area contributed by atoms with E-state index in [2.05, 4.69) is 21.2 Å². The molecular weight excluding hydrogens is 186 g/mol. The van der Waals surface area contributed by atoms with Gasteiger partial charge >= 0.3 is 0 Å². The van der Waals surface area contributed by atoms with Gasteiger partial charge in [0.2, 0.25) is 0 Å². The van der Waals surface area contributed by atoms with E-state index in [4.69, 9.17) is 18.0 Å². The zero-order chi connectivity index (χ0) is 9.68. The quantitative estimate of drug-likeness (QED) is 0.455. The standard InChI is InChI=1S/C9H10ClN3/c1-3-4-5-11-9-7(2)8(10)12-6-13-9/h1,6H,4-5H2,2H3,(H,11,12,13). The summed E-state index contributed by atoms with van der Waals surface area (Å²) in [7, 11) is 0. The zero-order valence-electron chi connectivity index (χ0n) is 7.34. The average Bonchev–Trinajstić information content (AvgIpc) is 2.13. The molecule has 68 valence electrons. The molecule has 0 unspecified atom stereocenters. The minimum Gasteiger partial charge on any atom is -0.369 e. The van der Waals surface area contributed by atoms with Gasteiger partial charge in [0.25, 0.3) is 0 Å². The van der Waals surface area contributed by atoms with Gasteiger partial charge in [-0.25, -0.2) is 9.97 Å². The van der Waals surface area contributed by atoms with Crippen molar-refractivity contribution in [2.75, 3.05) is 11.9 Å². The van der Waals surface area contributed by atoms with Crippen LogP contribution in [0, 0.1) is 19.3 Å². The van der Waals surface area contributed by atoms with Crippen molar-refractivity contribution in [3.63, 3.8) is 0 Å². The van der Waals surface area contributed by atoms with E-state index in [0.29, 0.717) is 18.1 Å². The maximum absolute atomic E-state index is 5.80. The van der Waals surface area contributed by atoms with Gasteiger partial charge in [0.05, 0.1) is 0 Å². The van der Waals surface area contributed by atoms with Crippen LogP contribution in [0.3, 0.4) is 0 Å². The number of terminal acetylenes is 1. The first-order valence-corrected chi connectivity index (χ1v) is 4.28. The summed E-state index contributed by atoms with van der Waals surface area (Å²) in [5.41, 5.74) is 0.848. The molecule has 0 atom stereocenters. The molecule has 4 heteroatoms. The Bertz CT molecular complexity index is 330. The second-order valence-electron chi connectivity index (χ2n) is 2.52. The Morgan fingerprint density at radius 1 is 1.62 bits per heavy atom. The van der Waals surface area contributed by atoms with Crippen molar-refractivity contribution in [3.8, 4) is 12.3 Å². The molecule has 0 bridgehead atoms. The fourth-order valence-corrected chi connectivity index (χ4v) is 0.993. The van der Waals surface area contributed by atoms with Gasteiger partial charge in [-0.1, -0.05) is 11.6 Å². The molecule has 0 spiro atoms. The van der Waals surface area contributed by atoms with Crippen molar-refractivity contribution in [1.29, 1.82) is 0 Å². The normalized spacial score (nSPS) is 9.31. The van der Waals surface area contributed by atoms with Crippen molar-refractivity contribution in [2.45, 2.75) is 13.3 Å². The van der Waals surface area contributed by atoms with E-state index < -0.39 is 0 Å². The smallest absolute Gasteiger partial charge is 0.137 e. The third-order valence-corrected chi connectivity index (χ3v) is 1.97. The molecule has 3 nitrogen and oxygen atoms in total. The molecule has 0 aliphatic carbocycles. The van der Waals surface area contributed by atoms with E-state index in [-0.39, 0.29) is 0 Å². The lowest BCUT2D eigenvalue weighted by Gasteiger charge is -2.06. The van der Waals surface area contributed by atoms with Crippen LogP contribution in [0.25, 0.3) is 0 Å². The summed E-state index contributed by atoms with van der Waals surface area (Å²) in [5.74, 6) is 3.28. The summed E-state index contributed by atoms with van der Waals surface area (Å²) >= 11 is 5.80.